The Bertz CT molecular complexity index is 820. The summed E-state index contributed by atoms with van der Waals surface area (Å²) in [6, 6.07) is 10.8. The highest BCUT2D eigenvalue weighted by molar-refractivity contribution is 5.67. The van der Waals surface area contributed by atoms with Gasteiger partial charge in [0.15, 0.2) is 11.6 Å². The minimum absolute atomic E-state index is 0.0656. The monoisotopic (exact) mass is 374 g/mol. The summed E-state index contributed by atoms with van der Waals surface area (Å²) in [7, 11) is 0. The molecule has 4 rings (SSSR count). The number of hydrogen-bond donors (Lipinski definition) is 0. The third-order valence-electron chi connectivity index (χ3n) is 6.28. The summed E-state index contributed by atoms with van der Waals surface area (Å²) < 4.78 is 49.7. The fourth-order valence-corrected chi connectivity index (χ4v) is 4.52. The summed E-state index contributed by atoms with van der Waals surface area (Å²) >= 11 is 0. The van der Waals surface area contributed by atoms with Crippen LogP contribution >= 0.6 is 0 Å². The van der Waals surface area contributed by atoms with Crippen molar-refractivity contribution in [2.45, 2.75) is 52.1 Å². The first kappa shape index (κ1) is 18.4. The van der Waals surface area contributed by atoms with Crippen LogP contribution < -0.4 is 4.74 Å². The molecule has 0 amide bonds. The van der Waals surface area contributed by atoms with Gasteiger partial charge in [0.2, 0.25) is 0 Å². The largest absolute Gasteiger partial charge is 0.429 e. The standard InChI is InChI=1S/C23H25F3O/c1-14-3-7-16(8-4-14)19-12-11-18-13-20(17-9-5-15(2)6-10-17)23(25,26)27-22(18)21(19)24/h3-4,7-8,11-12,15,17,20H,5-6,9-10,13H2,1-2H3. The molecule has 1 nitrogen and oxygen atoms in total. The van der Waals surface area contributed by atoms with E-state index in [4.69, 9.17) is 4.74 Å². The van der Waals surface area contributed by atoms with E-state index in [2.05, 4.69) is 6.92 Å². The molecule has 1 saturated carbocycles. The van der Waals surface area contributed by atoms with Crippen molar-refractivity contribution < 1.29 is 17.9 Å². The second-order valence-corrected chi connectivity index (χ2v) is 8.28. The van der Waals surface area contributed by atoms with E-state index in [1.54, 1.807) is 24.3 Å². The number of rotatable bonds is 2. The Morgan fingerprint density at radius 2 is 1.63 bits per heavy atom. The number of alkyl halides is 2. The van der Waals surface area contributed by atoms with Crippen LogP contribution in [0.3, 0.4) is 0 Å². The molecule has 1 aliphatic carbocycles. The summed E-state index contributed by atoms with van der Waals surface area (Å²) in [6.45, 7) is 4.12. The highest BCUT2D eigenvalue weighted by Crippen LogP contribution is 2.48. The lowest BCUT2D eigenvalue weighted by Crippen LogP contribution is -2.44. The van der Waals surface area contributed by atoms with Crippen LogP contribution in [0.25, 0.3) is 11.1 Å². The van der Waals surface area contributed by atoms with E-state index in [0.29, 0.717) is 22.6 Å². The fourth-order valence-electron chi connectivity index (χ4n) is 4.52. The third kappa shape index (κ3) is 3.46. The highest BCUT2D eigenvalue weighted by atomic mass is 19.3. The normalized spacial score (nSPS) is 26.9. The summed E-state index contributed by atoms with van der Waals surface area (Å²) in [4.78, 5) is 0. The van der Waals surface area contributed by atoms with Crippen LogP contribution in [-0.4, -0.2) is 6.11 Å². The van der Waals surface area contributed by atoms with Crippen LogP contribution in [0.15, 0.2) is 36.4 Å². The van der Waals surface area contributed by atoms with Crippen molar-refractivity contribution in [3.05, 3.63) is 53.3 Å². The molecule has 4 heteroatoms. The van der Waals surface area contributed by atoms with Gasteiger partial charge in [-0.1, -0.05) is 61.7 Å². The molecule has 1 aliphatic heterocycles. The summed E-state index contributed by atoms with van der Waals surface area (Å²) in [6.07, 6.45) is 0.390. The van der Waals surface area contributed by atoms with Gasteiger partial charge in [0.05, 0.1) is 5.92 Å². The van der Waals surface area contributed by atoms with Gasteiger partial charge in [-0.25, -0.2) is 4.39 Å². The summed E-state index contributed by atoms with van der Waals surface area (Å²) in [5, 5.41) is 0. The van der Waals surface area contributed by atoms with Crippen molar-refractivity contribution in [1.82, 2.24) is 0 Å². The lowest BCUT2D eigenvalue weighted by Gasteiger charge is -2.40. The van der Waals surface area contributed by atoms with E-state index < -0.39 is 17.8 Å². The van der Waals surface area contributed by atoms with Crippen molar-refractivity contribution in [2.24, 2.45) is 17.8 Å². The van der Waals surface area contributed by atoms with E-state index >= 15 is 4.39 Å². The minimum Gasteiger partial charge on any atom is -0.429 e. The van der Waals surface area contributed by atoms with Crippen LogP contribution in [-0.2, 0) is 6.42 Å². The fraction of sp³-hybridized carbons (Fsp3) is 0.478. The quantitative estimate of drug-likeness (QED) is 0.563. The molecule has 0 spiro atoms. The van der Waals surface area contributed by atoms with Gasteiger partial charge in [0.25, 0.3) is 0 Å². The van der Waals surface area contributed by atoms with Crippen molar-refractivity contribution >= 4 is 0 Å². The van der Waals surface area contributed by atoms with Crippen molar-refractivity contribution in [2.75, 3.05) is 0 Å². The first-order chi connectivity index (χ1) is 12.8. The zero-order valence-electron chi connectivity index (χ0n) is 15.8. The lowest BCUT2D eigenvalue weighted by atomic mass is 9.73. The van der Waals surface area contributed by atoms with E-state index in [9.17, 15) is 8.78 Å². The molecule has 144 valence electrons. The van der Waals surface area contributed by atoms with E-state index in [1.807, 2.05) is 19.1 Å². The van der Waals surface area contributed by atoms with E-state index in [-0.39, 0.29) is 18.1 Å². The Balaban J connectivity index is 1.66. The first-order valence-electron chi connectivity index (χ1n) is 9.80. The average molecular weight is 374 g/mol. The number of ether oxygens (including phenoxy) is 1. The number of hydrogen-bond acceptors (Lipinski definition) is 1. The second kappa shape index (κ2) is 6.88. The van der Waals surface area contributed by atoms with E-state index in [0.717, 1.165) is 31.2 Å². The first-order valence-corrected chi connectivity index (χ1v) is 9.80. The van der Waals surface area contributed by atoms with Crippen LogP contribution in [0.2, 0.25) is 0 Å². The van der Waals surface area contributed by atoms with Gasteiger partial charge in [-0.05, 0) is 49.1 Å². The van der Waals surface area contributed by atoms with Crippen LogP contribution in [0.4, 0.5) is 13.2 Å². The molecular formula is C23H25F3O. The van der Waals surface area contributed by atoms with Crippen LogP contribution in [0, 0.1) is 30.5 Å². The SMILES string of the molecule is Cc1ccc(-c2ccc3c(c2F)OC(F)(F)C(C2CCC(C)CC2)C3)cc1. The molecule has 2 aliphatic rings. The molecule has 1 unspecified atom stereocenters. The molecule has 0 bridgehead atoms. The topological polar surface area (TPSA) is 9.23 Å². The maximum absolute atomic E-state index is 15.0. The maximum atomic E-state index is 15.0. The maximum Gasteiger partial charge on any atom is 0.401 e. The smallest absolute Gasteiger partial charge is 0.401 e. The van der Waals surface area contributed by atoms with Gasteiger partial charge in [0, 0.05) is 5.56 Å². The summed E-state index contributed by atoms with van der Waals surface area (Å²) in [5.74, 6) is -1.31. The Labute approximate surface area is 158 Å². The molecule has 2 aromatic carbocycles. The molecule has 0 aromatic heterocycles. The third-order valence-corrected chi connectivity index (χ3v) is 6.28. The van der Waals surface area contributed by atoms with Gasteiger partial charge in [-0.15, -0.1) is 0 Å². The Morgan fingerprint density at radius 1 is 0.963 bits per heavy atom. The second-order valence-electron chi connectivity index (χ2n) is 8.28. The van der Waals surface area contributed by atoms with Gasteiger partial charge in [0.1, 0.15) is 0 Å². The summed E-state index contributed by atoms with van der Waals surface area (Å²) in [5.41, 5.74) is 2.58. The molecule has 1 fully saturated rings. The zero-order valence-corrected chi connectivity index (χ0v) is 15.8. The molecule has 1 atom stereocenters. The lowest BCUT2D eigenvalue weighted by molar-refractivity contribution is -0.239. The van der Waals surface area contributed by atoms with Gasteiger partial charge >= 0.3 is 6.11 Å². The number of halogens is 3. The van der Waals surface area contributed by atoms with Gasteiger partial charge in [-0.3, -0.25) is 0 Å². The highest BCUT2D eigenvalue weighted by Gasteiger charge is 2.51. The van der Waals surface area contributed by atoms with E-state index in [1.165, 1.54) is 0 Å². The molecule has 1 heterocycles. The number of fused-ring (bicyclic) bond motifs is 1. The molecule has 2 aromatic rings. The predicted molar refractivity (Wildman–Crippen MR) is 100 cm³/mol. The molecule has 0 saturated heterocycles. The average Bonchev–Trinajstić information content (AvgIpc) is 2.64. The zero-order chi connectivity index (χ0) is 19.2. The molecule has 0 radical (unpaired) electrons. The molecule has 27 heavy (non-hydrogen) atoms. The van der Waals surface area contributed by atoms with Crippen LogP contribution in [0.5, 0.6) is 5.75 Å². The van der Waals surface area contributed by atoms with Crippen LogP contribution in [0.1, 0.15) is 43.7 Å². The van der Waals surface area contributed by atoms with Crippen molar-refractivity contribution in [1.29, 1.82) is 0 Å². The van der Waals surface area contributed by atoms with Gasteiger partial charge < -0.3 is 4.74 Å². The van der Waals surface area contributed by atoms with Crippen molar-refractivity contribution in [3.8, 4) is 16.9 Å². The molecular weight excluding hydrogens is 349 g/mol. The number of aryl methyl sites for hydroxylation is 1. The molecule has 0 N–H and O–H groups in total. The Morgan fingerprint density at radius 3 is 2.30 bits per heavy atom. The predicted octanol–water partition coefficient (Wildman–Crippen LogP) is 6.77. The number of benzene rings is 2. The Hall–Kier alpha value is -1.97. The van der Waals surface area contributed by atoms with Crippen molar-refractivity contribution in [3.63, 3.8) is 0 Å². The van der Waals surface area contributed by atoms with Gasteiger partial charge in [-0.2, -0.15) is 8.78 Å². The Kier molecular flexibility index (Phi) is 4.69. The minimum atomic E-state index is -3.33.